The largest absolute Gasteiger partial charge is 0.371 e. The number of fused-ring (bicyclic) bond motifs is 1. The van der Waals surface area contributed by atoms with Crippen LogP contribution in [0.4, 0.5) is 21.5 Å². The lowest BCUT2D eigenvalue weighted by molar-refractivity contribution is -0.110. The van der Waals surface area contributed by atoms with Gasteiger partial charge in [0.05, 0.1) is 11.3 Å². The van der Waals surface area contributed by atoms with Crippen LogP contribution in [0.3, 0.4) is 0 Å². The van der Waals surface area contributed by atoms with Gasteiger partial charge < -0.3 is 15.5 Å². The van der Waals surface area contributed by atoms with Gasteiger partial charge in [0.25, 0.3) is 5.91 Å². The van der Waals surface area contributed by atoms with Gasteiger partial charge in [0.15, 0.2) is 0 Å². The number of carbonyl (C=O) groups is 1. The molecule has 1 saturated heterocycles. The van der Waals surface area contributed by atoms with E-state index in [0.717, 1.165) is 18.8 Å². The molecule has 1 amide bonds. The number of hydrogen-bond donors (Lipinski definition) is 2. The molecule has 0 bridgehead atoms. The van der Waals surface area contributed by atoms with Gasteiger partial charge in [-0.05, 0) is 55.7 Å². The number of nitrogens with zero attached hydrogens (tertiary/aromatic N) is 1. The van der Waals surface area contributed by atoms with Crippen molar-refractivity contribution in [2.24, 2.45) is 0 Å². The van der Waals surface area contributed by atoms with Crippen molar-refractivity contribution in [1.82, 2.24) is 0 Å². The topological polar surface area (TPSA) is 44.4 Å². The van der Waals surface area contributed by atoms with E-state index in [-0.39, 0.29) is 5.91 Å². The minimum atomic E-state index is -0.399. The first kappa shape index (κ1) is 15.7. The molecule has 0 spiro atoms. The van der Waals surface area contributed by atoms with E-state index in [2.05, 4.69) is 34.6 Å². The van der Waals surface area contributed by atoms with Gasteiger partial charge in [0.1, 0.15) is 5.82 Å². The minimum Gasteiger partial charge on any atom is -0.371 e. The molecule has 4 nitrogen and oxygen atoms in total. The van der Waals surface area contributed by atoms with Gasteiger partial charge >= 0.3 is 0 Å². The van der Waals surface area contributed by atoms with Crippen molar-refractivity contribution >= 4 is 28.5 Å². The Morgan fingerprint density at radius 1 is 1.20 bits per heavy atom. The summed E-state index contributed by atoms with van der Waals surface area (Å²) in [7, 11) is 0. The zero-order chi connectivity index (χ0) is 17.4. The number of benzene rings is 2. The second kappa shape index (κ2) is 6.24. The molecule has 0 atom stereocenters. The van der Waals surface area contributed by atoms with Crippen LogP contribution in [0.2, 0.25) is 0 Å². The maximum absolute atomic E-state index is 14.1. The van der Waals surface area contributed by atoms with Gasteiger partial charge in [-0.1, -0.05) is 6.07 Å². The summed E-state index contributed by atoms with van der Waals surface area (Å²) in [6.45, 7) is 4.30. The highest BCUT2D eigenvalue weighted by molar-refractivity contribution is 6.31. The highest BCUT2D eigenvalue weighted by atomic mass is 19.1. The number of rotatable bonds is 3. The fourth-order valence-corrected chi connectivity index (χ4v) is 3.56. The Balaban J connectivity index is 1.58. The fourth-order valence-electron chi connectivity index (χ4n) is 3.56. The van der Waals surface area contributed by atoms with Gasteiger partial charge in [-0.25, -0.2) is 4.39 Å². The molecule has 0 aromatic heterocycles. The molecule has 2 heterocycles. The number of nitrogens with one attached hydrogen (secondary N) is 2. The van der Waals surface area contributed by atoms with E-state index in [0.29, 0.717) is 16.8 Å². The first-order valence-electron chi connectivity index (χ1n) is 8.56. The smallest absolute Gasteiger partial charge is 0.257 e. The second-order valence-corrected chi connectivity index (χ2v) is 6.51. The third-order valence-electron chi connectivity index (χ3n) is 4.80. The van der Waals surface area contributed by atoms with E-state index in [1.807, 2.05) is 6.07 Å². The molecule has 0 aliphatic carbocycles. The summed E-state index contributed by atoms with van der Waals surface area (Å²) < 4.78 is 14.1. The average molecular weight is 337 g/mol. The Bertz CT molecular complexity index is 869. The maximum atomic E-state index is 14.1. The molecular formula is C20H20FN3O. The molecule has 4 rings (SSSR count). The van der Waals surface area contributed by atoms with Crippen LogP contribution < -0.4 is 15.5 Å². The summed E-state index contributed by atoms with van der Waals surface area (Å²) in [6.07, 6.45) is 4.06. The lowest BCUT2D eigenvalue weighted by Crippen LogP contribution is -2.18. The molecular weight excluding hydrogens is 317 g/mol. The monoisotopic (exact) mass is 337 g/mol. The number of aryl methyl sites for hydroxylation is 1. The van der Waals surface area contributed by atoms with E-state index in [9.17, 15) is 9.18 Å². The summed E-state index contributed by atoms with van der Waals surface area (Å²) in [5, 5.41) is 5.82. The third-order valence-corrected chi connectivity index (χ3v) is 4.80. The van der Waals surface area contributed by atoms with Crippen molar-refractivity contribution in [3.05, 3.63) is 59.5 Å². The minimum absolute atomic E-state index is 0.294. The first-order valence-corrected chi connectivity index (χ1v) is 8.56. The lowest BCUT2D eigenvalue weighted by Gasteiger charge is -2.20. The quantitative estimate of drug-likeness (QED) is 0.828. The zero-order valence-electron chi connectivity index (χ0n) is 14.1. The predicted octanol–water partition coefficient (Wildman–Crippen LogP) is 4.14. The number of anilines is 3. The van der Waals surface area contributed by atoms with Crippen molar-refractivity contribution < 1.29 is 9.18 Å². The van der Waals surface area contributed by atoms with Crippen molar-refractivity contribution in [3.8, 4) is 0 Å². The van der Waals surface area contributed by atoms with Crippen LogP contribution in [-0.2, 0) is 4.79 Å². The molecule has 0 saturated carbocycles. The van der Waals surface area contributed by atoms with E-state index < -0.39 is 5.82 Å². The van der Waals surface area contributed by atoms with Crippen LogP contribution in [0.5, 0.6) is 0 Å². The number of carbonyl (C=O) groups excluding carboxylic acids is 1. The Kier molecular flexibility index (Phi) is 3.92. The Labute approximate surface area is 146 Å². The second-order valence-electron chi connectivity index (χ2n) is 6.51. The van der Waals surface area contributed by atoms with Crippen LogP contribution in [-0.4, -0.2) is 19.0 Å². The van der Waals surface area contributed by atoms with Crippen molar-refractivity contribution in [1.29, 1.82) is 0 Å². The summed E-state index contributed by atoms with van der Waals surface area (Å²) in [5.41, 5.74) is 4.47. The molecule has 5 heteroatoms. The van der Waals surface area contributed by atoms with Crippen LogP contribution >= 0.6 is 0 Å². The molecule has 2 N–H and O–H groups in total. The third kappa shape index (κ3) is 2.86. The zero-order valence-corrected chi connectivity index (χ0v) is 14.1. The van der Waals surface area contributed by atoms with E-state index in [4.69, 9.17) is 0 Å². The van der Waals surface area contributed by atoms with E-state index >= 15 is 0 Å². The molecule has 2 aromatic rings. The molecule has 1 fully saturated rings. The fraction of sp³-hybridized carbons (Fsp3) is 0.250. The molecule has 25 heavy (non-hydrogen) atoms. The van der Waals surface area contributed by atoms with Gasteiger partial charge in [-0.3, -0.25) is 4.79 Å². The number of halogens is 1. The van der Waals surface area contributed by atoms with Crippen molar-refractivity contribution in [3.63, 3.8) is 0 Å². The van der Waals surface area contributed by atoms with Crippen LogP contribution in [0.1, 0.15) is 24.0 Å². The van der Waals surface area contributed by atoms with Crippen LogP contribution in [0, 0.1) is 12.7 Å². The maximum Gasteiger partial charge on any atom is 0.257 e. The van der Waals surface area contributed by atoms with Crippen molar-refractivity contribution in [2.75, 3.05) is 28.6 Å². The number of amides is 1. The first-order chi connectivity index (χ1) is 12.1. The normalized spacial score (nSPS) is 17.8. The predicted molar refractivity (Wildman–Crippen MR) is 99.3 cm³/mol. The highest BCUT2D eigenvalue weighted by Crippen LogP contribution is 2.34. The standard InChI is InChI=1S/C20H20FN3O/c1-13-11-14(7-8-18(13)24-9-2-3-10-24)22-12-15-19-16(21)5-4-6-17(19)23-20(15)25/h4-8,11-12,22H,2-3,9-10H2,1H3,(H,23,25)/b15-12+. The summed E-state index contributed by atoms with van der Waals surface area (Å²) in [6, 6.07) is 10.8. The highest BCUT2D eigenvalue weighted by Gasteiger charge is 2.27. The molecule has 2 aromatic carbocycles. The molecule has 128 valence electrons. The summed E-state index contributed by atoms with van der Waals surface area (Å²) in [4.78, 5) is 14.5. The Hall–Kier alpha value is -2.82. The Morgan fingerprint density at radius 3 is 2.76 bits per heavy atom. The van der Waals surface area contributed by atoms with Crippen LogP contribution in [0.15, 0.2) is 42.6 Å². The van der Waals surface area contributed by atoms with Gasteiger partial charge in [0.2, 0.25) is 0 Å². The Morgan fingerprint density at radius 2 is 2.00 bits per heavy atom. The molecule has 2 aliphatic rings. The average Bonchev–Trinajstić information content (AvgIpc) is 3.21. The van der Waals surface area contributed by atoms with Crippen LogP contribution in [0.25, 0.3) is 5.57 Å². The van der Waals surface area contributed by atoms with Gasteiger partial charge in [-0.2, -0.15) is 0 Å². The molecule has 0 radical (unpaired) electrons. The summed E-state index contributed by atoms with van der Waals surface area (Å²) in [5.74, 6) is -0.692. The van der Waals surface area contributed by atoms with E-state index in [1.54, 1.807) is 18.3 Å². The summed E-state index contributed by atoms with van der Waals surface area (Å²) >= 11 is 0. The van der Waals surface area contributed by atoms with Gasteiger partial charge in [-0.15, -0.1) is 0 Å². The van der Waals surface area contributed by atoms with Crippen molar-refractivity contribution in [2.45, 2.75) is 19.8 Å². The lowest BCUT2D eigenvalue weighted by atomic mass is 10.1. The molecule has 0 unspecified atom stereocenters. The van der Waals surface area contributed by atoms with Gasteiger partial charge in [0, 0.05) is 36.2 Å². The molecule has 2 aliphatic heterocycles. The number of hydrogen-bond acceptors (Lipinski definition) is 3. The SMILES string of the molecule is Cc1cc(N/C=C2/C(=O)Nc3cccc(F)c32)ccc1N1CCCC1. The van der Waals surface area contributed by atoms with E-state index in [1.165, 1.54) is 30.2 Å².